The number of azide groups is 1. The van der Waals surface area contributed by atoms with E-state index in [1.807, 2.05) is 0 Å². The summed E-state index contributed by atoms with van der Waals surface area (Å²) in [5.74, 6) is -0.524. The molecule has 2 N–H and O–H groups in total. The van der Waals surface area contributed by atoms with Crippen molar-refractivity contribution in [1.82, 2.24) is 10.2 Å². The molecule has 122 valence electrons. The number of carbonyl (C=O) groups is 2. The quantitative estimate of drug-likeness (QED) is 0.317. The molecule has 0 radical (unpaired) electrons. The van der Waals surface area contributed by atoms with Gasteiger partial charge in [0.05, 0.1) is 18.8 Å². The topological polar surface area (TPSA) is 137 Å². The van der Waals surface area contributed by atoms with E-state index in [0.29, 0.717) is 0 Å². The fraction of sp³-hybridized carbons (Fsp3) is 0.818. The van der Waals surface area contributed by atoms with Gasteiger partial charge >= 0.3 is 6.03 Å². The zero-order valence-corrected chi connectivity index (χ0v) is 13.6. The van der Waals surface area contributed by atoms with Gasteiger partial charge in [0.25, 0.3) is 0 Å². The maximum atomic E-state index is 12.2. The Labute approximate surface area is 134 Å². The number of rotatable bonds is 4. The van der Waals surface area contributed by atoms with Gasteiger partial charge in [-0.3, -0.25) is 15.0 Å². The number of aliphatic hydroxyl groups is 1. The van der Waals surface area contributed by atoms with E-state index in [-0.39, 0.29) is 13.0 Å². The lowest BCUT2D eigenvalue weighted by Gasteiger charge is -2.44. The van der Waals surface area contributed by atoms with Crippen LogP contribution in [-0.2, 0) is 14.3 Å². The first-order chi connectivity index (χ1) is 10.4. The van der Waals surface area contributed by atoms with Crippen molar-refractivity contribution in [3.05, 3.63) is 10.4 Å². The second kappa shape index (κ2) is 6.39. The van der Waals surface area contributed by atoms with Gasteiger partial charge in [-0.25, -0.2) is 4.79 Å². The number of methoxy groups -OCH3 is 1. The maximum absolute atomic E-state index is 12.2. The normalized spacial score (nSPS) is 38.6. The van der Waals surface area contributed by atoms with Crippen molar-refractivity contribution in [3.63, 3.8) is 0 Å². The molecule has 0 aromatic rings. The number of nitrogens with zero attached hydrogens (tertiary/aromatic N) is 4. The van der Waals surface area contributed by atoms with Crippen molar-refractivity contribution < 1.29 is 24.2 Å². The SMILES string of the molecule is COC1N([C@H]2CC(N=[N+]=[N-])[C@@H](CO)O2)C(=O)NC(=O)C1(C)Br. The summed E-state index contributed by atoms with van der Waals surface area (Å²) in [6.07, 6.45) is -2.23. The number of carbonyl (C=O) groups excluding carboxylic acids is 2. The van der Waals surface area contributed by atoms with Crippen LogP contribution in [0.3, 0.4) is 0 Å². The van der Waals surface area contributed by atoms with E-state index in [2.05, 4.69) is 31.3 Å². The number of amides is 3. The summed E-state index contributed by atoms with van der Waals surface area (Å²) in [5, 5.41) is 15.1. The van der Waals surface area contributed by atoms with E-state index in [4.69, 9.17) is 15.0 Å². The van der Waals surface area contributed by atoms with Gasteiger partial charge in [-0.05, 0) is 12.5 Å². The predicted octanol–water partition coefficient (Wildman–Crippen LogP) is 0.451. The summed E-state index contributed by atoms with van der Waals surface area (Å²) >= 11 is 3.26. The first-order valence-electron chi connectivity index (χ1n) is 6.52. The van der Waals surface area contributed by atoms with Crippen molar-refractivity contribution in [2.24, 2.45) is 5.11 Å². The van der Waals surface area contributed by atoms with Crippen LogP contribution in [0.25, 0.3) is 10.4 Å². The van der Waals surface area contributed by atoms with Crippen LogP contribution < -0.4 is 5.32 Å². The monoisotopic (exact) mass is 377 g/mol. The third-order valence-electron chi connectivity index (χ3n) is 3.73. The summed E-state index contributed by atoms with van der Waals surface area (Å²) < 4.78 is 9.71. The number of halogens is 1. The Bertz CT molecular complexity index is 523. The molecule has 5 atom stereocenters. The highest BCUT2D eigenvalue weighted by molar-refractivity contribution is 9.10. The number of ether oxygens (including phenoxy) is 2. The molecule has 2 heterocycles. The first kappa shape index (κ1) is 17.0. The first-order valence-corrected chi connectivity index (χ1v) is 7.32. The predicted molar refractivity (Wildman–Crippen MR) is 76.8 cm³/mol. The molecule has 0 bridgehead atoms. The Kier molecular flexibility index (Phi) is 4.93. The molecule has 2 aliphatic heterocycles. The molecular weight excluding hydrogens is 362 g/mol. The van der Waals surface area contributed by atoms with Crippen LogP contribution >= 0.6 is 15.9 Å². The Balaban J connectivity index is 2.28. The number of imide groups is 1. The lowest BCUT2D eigenvalue weighted by molar-refractivity contribution is -0.153. The van der Waals surface area contributed by atoms with Crippen LogP contribution in [0.15, 0.2) is 5.11 Å². The minimum atomic E-state index is -1.16. The Morgan fingerprint density at radius 3 is 2.91 bits per heavy atom. The third kappa shape index (κ3) is 2.77. The van der Waals surface area contributed by atoms with Crippen LogP contribution in [0.4, 0.5) is 4.79 Å². The van der Waals surface area contributed by atoms with Gasteiger partial charge in [0.15, 0.2) is 6.23 Å². The fourth-order valence-electron chi connectivity index (χ4n) is 2.62. The summed E-state index contributed by atoms with van der Waals surface area (Å²) in [6.45, 7) is 1.22. The van der Waals surface area contributed by atoms with Crippen LogP contribution in [0, 0.1) is 0 Å². The molecule has 3 amide bonds. The maximum Gasteiger partial charge on any atom is 0.328 e. The van der Waals surface area contributed by atoms with Crippen molar-refractivity contribution in [1.29, 1.82) is 0 Å². The Hall–Kier alpha value is -1.39. The van der Waals surface area contributed by atoms with Gasteiger partial charge in [0.2, 0.25) is 5.91 Å². The van der Waals surface area contributed by atoms with E-state index in [0.717, 1.165) is 0 Å². The van der Waals surface area contributed by atoms with Gasteiger partial charge in [0.1, 0.15) is 10.6 Å². The standard InChI is InChI=1S/C11H16BrN5O5/c1-11(12)8(19)14-10(20)17(9(11)21-2)7-3-5(15-16-13)6(4-18)22-7/h5-7,9,18H,3-4H2,1-2H3,(H,14,19,20)/t5?,6-,7-,9?,11?/m1/s1. The minimum Gasteiger partial charge on any atom is -0.394 e. The molecule has 2 fully saturated rings. The van der Waals surface area contributed by atoms with Gasteiger partial charge in [-0.15, -0.1) is 0 Å². The molecule has 22 heavy (non-hydrogen) atoms. The van der Waals surface area contributed by atoms with Crippen LogP contribution in [0.5, 0.6) is 0 Å². The molecule has 2 saturated heterocycles. The highest BCUT2D eigenvalue weighted by Gasteiger charge is 2.54. The lowest BCUT2D eigenvalue weighted by Crippen LogP contribution is -2.69. The molecular formula is C11H16BrN5O5. The van der Waals surface area contributed by atoms with E-state index in [1.165, 1.54) is 12.0 Å². The van der Waals surface area contributed by atoms with E-state index < -0.39 is 40.9 Å². The Morgan fingerprint density at radius 2 is 2.36 bits per heavy atom. The second-order valence-electron chi connectivity index (χ2n) is 5.15. The average Bonchev–Trinajstić information content (AvgIpc) is 2.85. The molecule has 11 heteroatoms. The van der Waals surface area contributed by atoms with E-state index in [9.17, 15) is 14.7 Å². The number of hydrogen-bond donors (Lipinski definition) is 2. The number of aliphatic hydroxyl groups excluding tert-OH is 1. The fourth-order valence-corrected chi connectivity index (χ4v) is 3.13. The van der Waals surface area contributed by atoms with E-state index in [1.54, 1.807) is 6.92 Å². The smallest absolute Gasteiger partial charge is 0.328 e. The largest absolute Gasteiger partial charge is 0.394 e. The van der Waals surface area contributed by atoms with Crippen LogP contribution in [0.2, 0.25) is 0 Å². The molecule has 0 aromatic carbocycles. The number of nitrogens with one attached hydrogen (secondary N) is 1. The van der Waals surface area contributed by atoms with Gasteiger partial charge in [-0.1, -0.05) is 21.0 Å². The van der Waals surface area contributed by atoms with Crippen LogP contribution in [0.1, 0.15) is 13.3 Å². The molecule has 2 rings (SSSR count). The van der Waals surface area contributed by atoms with Gasteiger partial charge in [-0.2, -0.15) is 0 Å². The highest BCUT2D eigenvalue weighted by atomic mass is 79.9. The van der Waals surface area contributed by atoms with Gasteiger partial charge in [0, 0.05) is 18.4 Å². The molecule has 10 nitrogen and oxygen atoms in total. The number of alkyl halides is 1. The van der Waals surface area contributed by atoms with E-state index >= 15 is 0 Å². The third-order valence-corrected chi connectivity index (χ3v) is 4.48. The van der Waals surface area contributed by atoms with Crippen molar-refractivity contribution in [2.75, 3.05) is 13.7 Å². The molecule has 0 saturated carbocycles. The molecule has 2 aliphatic rings. The molecule has 0 aliphatic carbocycles. The highest BCUT2D eigenvalue weighted by Crippen LogP contribution is 2.35. The van der Waals surface area contributed by atoms with Crippen molar-refractivity contribution in [2.45, 2.75) is 42.3 Å². The van der Waals surface area contributed by atoms with Crippen LogP contribution in [-0.4, -0.2) is 64.6 Å². The summed E-state index contributed by atoms with van der Waals surface area (Å²) in [4.78, 5) is 28.0. The lowest BCUT2D eigenvalue weighted by atomic mass is 10.0. The van der Waals surface area contributed by atoms with Crippen molar-refractivity contribution in [3.8, 4) is 0 Å². The summed E-state index contributed by atoms with van der Waals surface area (Å²) in [7, 11) is 1.37. The zero-order valence-electron chi connectivity index (χ0n) is 12.0. The Morgan fingerprint density at radius 1 is 1.68 bits per heavy atom. The molecule has 0 aromatic heterocycles. The van der Waals surface area contributed by atoms with Crippen molar-refractivity contribution >= 4 is 27.9 Å². The zero-order chi connectivity index (χ0) is 16.5. The molecule has 0 spiro atoms. The van der Waals surface area contributed by atoms with Gasteiger partial charge < -0.3 is 14.6 Å². The molecule has 3 unspecified atom stereocenters. The minimum absolute atomic E-state index is 0.194. The number of hydrogen-bond acceptors (Lipinski definition) is 6. The second-order valence-corrected chi connectivity index (χ2v) is 6.80. The number of urea groups is 1. The summed E-state index contributed by atoms with van der Waals surface area (Å²) in [5.41, 5.74) is 8.56. The average molecular weight is 378 g/mol. The summed E-state index contributed by atoms with van der Waals surface area (Å²) in [6, 6.07) is -1.28.